The Bertz CT molecular complexity index is 672. The van der Waals surface area contributed by atoms with E-state index in [0.717, 1.165) is 35.5 Å². The van der Waals surface area contributed by atoms with E-state index in [9.17, 15) is 18.0 Å². The number of rotatable bonds is 1. The molecule has 3 rings (SSSR count). The van der Waals surface area contributed by atoms with E-state index in [1.165, 1.54) is 4.40 Å². The van der Waals surface area contributed by atoms with E-state index in [1.807, 2.05) is 0 Å². The molecular weight excluding hydrogens is 281 g/mol. The first-order valence-electron chi connectivity index (χ1n) is 5.73. The summed E-state index contributed by atoms with van der Waals surface area (Å²) in [5.41, 5.74) is -1.40. The topological polar surface area (TPSA) is 54.6 Å². The summed E-state index contributed by atoms with van der Waals surface area (Å²) in [6.45, 7) is 0. The van der Waals surface area contributed by atoms with Crippen LogP contribution in [0.2, 0.25) is 0 Å². The normalized spacial score (nSPS) is 15.7. The maximum atomic E-state index is 12.8. The smallest absolute Gasteiger partial charge is 0.435 e. The first-order chi connectivity index (χ1) is 8.89. The molecule has 0 radical (unpaired) electrons. The third-order valence-corrected chi connectivity index (χ3v) is 4.33. The first kappa shape index (κ1) is 12.5. The zero-order valence-electron chi connectivity index (χ0n) is 9.62. The van der Waals surface area contributed by atoms with Crippen LogP contribution in [-0.2, 0) is 19.0 Å². The summed E-state index contributed by atoms with van der Waals surface area (Å²) in [7, 11) is 0. The van der Waals surface area contributed by atoms with Gasteiger partial charge >= 0.3 is 12.1 Å². The van der Waals surface area contributed by atoms with Crippen LogP contribution < -0.4 is 0 Å². The molecule has 0 fully saturated rings. The molecule has 0 atom stereocenters. The molecule has 1 aliphatic carbocycles. The van der Waals surface area contributed by atoms with Crippen molar-refractivity contribution in [1.82, 2.24) is 9.38 Å². The molecule has 8 heteroatoms. The molecule has 1 aliphatic rings. The molecule has 0 bridgehead atoms. The lowest BCUT2D eigenvalue weighted by Crippen LogP contribution is -2.15. The van der Waals surface area contributed by atoms with Gasteiger partial charge in [-0.2, -0.15) is 13.2 Å². The number of aromatic nitrogens is 2. The highest BCUT2D eigenvalue weighted by Gasteiger charge is 2.41. The average molecular weight is 290 g/mol. The van der Waals surface area contributed by atoms with Gasteiger partial charge in [0.15, 0.2) is 16.3 Å². The van der Waals surface area contributed by atoms with Gasteiger partial charge in [0.2, 0.25) is 0 Å². The number of alkyl halides is 3. The molecule has 0 aromatic carbocycles. The van der Waals surface area contributed by atoms with Gasteiger partial charge in [-0.05, 0) is 25.7 Å². The van der Waals surface area contributed by atoms with Crippen molar-refractivity contribution < 1.29 is 23.1 Å². The summed E-state index contributed by atoms with van der Waals surface area (Å²) in [5, 5.41) is 9.08. The van der Waals surface area contributed by atoms with Crippen molar-refractivity contribution in [2.75, 3.05) is 0 Å². The lowest BCUT2D eigenvalue weighted by molar-refractivity contribution is -0.141. The molecular formula is C11H9F3N2O2S. The monoisotopic (exact) mass is 290 g/mol. The molecule has 102 valence electrons. The quantitative estimate of drug-likeness (QED) is 0.878. The second kappa shape index (κ2) is 3.96. The highest BCUT2D eigenvalue weighted by molar-refractivity contribution is 7.17. The molecule has 2 aromatic heterocycles. The number of hydrogen-bond acceptors (Lipinski definition) is 3. The summed E-state index contributed by atoms with van der Waals surface area (Å²) in [4.78, 5) is 15.7. The number of aryl methyl sites for hydroxylation is 2. The fraction of sp³-hybridized carbons (Fsp3) is 0.455. The molecule has 0 saturated heterocycles. The van der Waals surface area contributed by atoms with Crippen LogP contribution >= 0.6 is 11.3 Å². The second-order valence-corrected chi connectivity index (χ2v) is 5.47. The van der Waals surface area contributed by atoms with E-state index in [2.05, 4.69) is 4.98 Å². The van der Waals surface area contributed by atoms with E-state index >= 15 is 0 Å². The summed E-state index contributed by atoms with van der Waals surface area (Å²) in [5.74, 6) is -1.59. The van der Waals surface area contributed by atoms with Crippen molar-refractivity contribution >= 4 is 22.3 Å². The predicted molar refractivity (Wildman–Crippen MR) is 61.7 cm³/mol. The molecule has 1 N–H and O–H groups in total. The molecule has 0 unspecified atom stereocenters. The Morgan fingerprint density at radius 3 is 2.63 bits per heavy atom. The highest BCUT2D eigenvalue weighted by atomic mass is 32.1. The highest BCUT2D eigenvalue weighted by Crippen LogP contribution is 2.37. The third kappa shape index (κ3) is 1.81. The fourth-order valence-electron chi connectivity index (χ4n) is 2.43. The van der Waals surface area contributed by atoms with Gasteiger partial charge in [-0.3, -0.25) is 4.40 Å². The SMILES string of the molecule is O=C(O)c1c(C(F)(F)F)nc2sc3c(n12)CCCC3. The van der Waals surface area contributed by atoms with Crippen molar-refractivity contribution in [3.05, 3.63) is 22.0 Å². The van der Waals surface area contributed by atoms with Crippen LogP contribution in [-0.4, -0.2) is 20.5 Å². The van der Waals surface area contributed by atoms with Crippen molar-refractivity contribution in [2.45, 2.75) is 31.9 Å². The number of carbonyl (C=O) groups is 1. The number of nitrogens with zero attached hydrogens (tertiary/aromatic N) is 2. The molecule has 2 heterocycles. The van der Waals surface area contributed by atoms with Crippen LogP contribution in [0.1, 0.15) is 39.6 Å². The fourth-order valence-corrected chi connectivity index (χ4v) is 3.64. The van der Waals surface area contributed by atoms with E-state index in [-0.39, 0.29) is 4.96 Å². The second-order valence-electron chi connectivity index (χ2n) is 4.41. The number of carboxylic acids is 1. The lowest BCUT2D eigenvalue weighted by atomic mass is 10.0. The maximum Gasteiger partial charge on any atom is 0.435 e. The van der Waals surface area contributed by atoms with Gasteiger partial charge in [0.25, 0.3) is 0 Å². The Morgan fingerprint density at radius 1 is 1.32 bits per heavy atom. The Morgan fingerprint density at radius 2 is 2.00 bits per heavy atom. The van der Waals surface area contributed by atoms with Crippen LogP contribution in [0.5, 0.6) is 0 Å². The Hall–Kier alpha value is -1.57. The largest absolute Gasteiger partial charge is 0.476 e. The molecule has 0 amide bonds. The van der Waals surface area contributed by atoms with Crippen LogP contribution in [0.3, 0.4) is 0 Å². The summed E-state index contributed by atoms with van der Waals surface area (Å²) >= 11 is 1.16. The summed E-state index contributed by atoms with van der Waals surface area (Å²) in [6.07, 6.45) is -1.53. The number of halogens is 3. The third-order valence-electron chi connectivity index (χ3n) is 3.19. The van der Waals surface area contributed by atoms with E-state index in [1.54, 1.807) is 0 Å². The maximum absolute atomic E-state index is 12.8. The molecule has 0 aliphatic heterocycles. The number of fused-ring (bicyclic) bond motifs is 3. The minimum absolute atomic E-state index is 0.122. The summed E-state index contributed by atoms with van der Waals surface area (Å²) < 4.78 is 39.6. The van der Waals surface area contributed by atoms with Crippen molar-refractivity contribution in [1.29, 1.82) is 0 Å². The van der Waals surface area contributed by atoms with Crippen LogP contribution in [0.25, 0.3) is 4.96 Å². The van der Waals surface area contributed by atoms with Gasteiger partial charge in [-0.1, -0.05) is 0 Å². The van der Waals surface area contributed by atoms with Crippen molar-refractivity contribution in [3.8, 4) is 0 Å². The Balaban J connectivity index is 2.34. The number of carboxylic acid groups (broad SMARTS) is 1. The van der Waals surface area contributed by atoms with Gasteiger partial charge in [-0.15, -0.1) is 11.3 Å². The molecule has 4 nitrogen and oxygen atoms in total. The molecule has 0 spiro atoms. The van der Waals surface area contributed by atoms with Gasteiger partial charge in [0, 0.05) is 10.6 Å². The molecule has 19 heavy (non-hydrogen) atoms. The zero-order chi connectivity index (χ0) is 13.8. The molecule has 0 saturated carbocycles. The van der Waals surface area contributed by atoms with E-state index in [0.29, 0.717) is 12.1 Å². The lowest BCUT2D eigenvalue weighted by Gasteiger charge is -2.11. The minimum atomic E-state index is -4.75. The minimum Gasteiger partial charge on any atom is -0.476 e. The van der Waals surface area contributed by atoms with Gasteiger partial charge in [0.1, 0.15) is 0 Å². The molecule has 2 aromatic rings. The number of imidazole rings is 1. The Labute approximate surface area is 109 Å². The first-order valence-corrected chi connectivity index (χ1v) is 6.54. The van der Waals surface area contributed by atoms with Crippen LogP contribution in [0.15, 0.2) is 0 Å². The zero-order valence-corrected chi connectivity index (χ0v) is 10.4. The number of aromatic carboxylic acids is 1. The van der Waals surface area contributed by atoms with Crippen LogP contribution in [0, 0.1) is 0 Å². The van der Waals surface area contributed by atoms with Crippen molar-refractivity contribution in [3.63, 3.8) is 0 Å². The van der Waals surface area contributed by atoms with Gasteiger partial charge < -0.3 is 5.11 Å². The van der Waals surface area contributed by atoms with Crippen LogP contribution in [0.4, 0.5) is 13.2 Å². The average Bonchev–Trinajstić information content (AvgIpc) is 2.82. The Kier molecular flexibility index (Phi) is 2.60. The van der Waals surface area contributed by atoms with Gasteiger partial charge in [0.05, 0.1) is 0 Å². The standard InChI is InChI=1S/C11H9F3N2O2S/c12-11(13,14)8-7(9(17)18)16-5-3-1-2-4-6(5)19-10(16)15-8/h1-4H2,(H,17,18). The van der Waals surface area contributed by atoms with Gasteiger partial charge in [-0.25, -0.2) is 9.78 Å². The van der Waals surface area contributed by atoms with Crippen molar-refractivity contribution in [2.24, 2.45) is 0 Å². The van der Waals surface area contributed by atoms with E-state index < -0.39 is 23.5 Å². The number of hydrogen-bond donors (Lipinski definition) is 1. The van der Waals surface area contributed by atoms with E-state index in [4.69, 9.17) is 5.11 Å². The summed E-state index contributed by atoms with van der Waals surface area (Å²) in [6, 6.07) is 0. The number of thiazole rings is 1. The predicted octanol–water partition coefficient (Wildman–Crippen LogP) is 2.99.